The van der Waals surface area contributed by atoms with Crippen LogP contribution in [0.15, 0.2) is 48.5 Å². The maximum Gasteiger partial charge on any atom is 0.226 e. The van der Waals surface area contributed by atoms with Gasteiger partial charge in [-0.1, -0.05) is 6.07 Å². The van der Waals surface area contributed by atoms with Gasteiger partial charge in [-0.3, -0.25) is 9.59 Å². The molecule has 0 spiro atoms. The summed E-state index contributed by atoms with van der Waals surface area (Å²) in [5.74, 6) is -0.633. The number of rotatable bonds is 8. The summed E-state index contributed by atoms with van der Waals surface area (Å²) in [5, 5.41) is 10.4. The molecule has 8 heteroatoms. The number of anilines is 2. The summed E-state index contributed by atoms with van der Waals surface area (Å²) in [7, 11) is 0. The first-order chi connectivity index (χ1) is 16.8. The lowest BCUT2D eigenvalue weighted by Gasteiger charge is -2.19. The Bertz CT molecular complexity index is 1200. The van der Waals surface area contributed by atoms with Gasteiger partial charge in [-0.25, -0.2) is 9.07 Å². The van der Waals surface area contributed by atoms with Gasteiger partial charge in [-0.15, -0.1) is 0 Å². The summed E-state index contributed by atoms with van der Waals surface area (Å²) in [4.78, 5) is 27.6. The van der Waals surface area contributed by atoms with E-state index in [1.165, 1.54) is 25.0 Å². The lowest BCUT2D eigenvalue weighted by Crippen LogP contribution is -2.36. The number of amides is 2. The molecule has 0 radical (unpaired) electrons. The van der Waals surface area contributed by atoms with Crippen molar-refractivity contribution in [2.45, 2.75) is 52.5 Å². The van der Waals surface area contributed by atoms with Gasteiger partial charge >= 0.3 is 0 Å². The summed E-state index contributed by atoms with van der Waals surface area (Å²) < 4.78 is 15.0. The molecule has 1 saturated heterocycles. The fourth-order valence-corrected chi connectivity index (χ4v) is 4.55. The van der Waals surface area contributed by atoms with Crippen LogP contribution in [0.4, 0.5) is 15.8 Å². The summed E-state index contributed by atoms with van der Waals surface area (Å²) >= 11 is 0. The number of nitrogens with zero attached hydrogens (tertiary/aromatic N) is 3. The minimum absolute atomic E-state index is 0.145. The quantitative estimate of drug-likeness (QED) is 0.507. The average Bonchev–Trinajstić information content (AvgIpc) is 3.44. The van der Waals surface area contributed by atoms with E-state index in [1.807, 2.05) is 39.0 Å². The Hall–Kier alpha value is -3.68. The average molecular weight is 478 g/mol. The van der Waals surface area contributed by atoms with Crippen LogP contribution in [0.3, 0.4) is 0 Å². The summed E-state index contributed by atoms with van der Waals surface area (Å²) in [6.07, 6.45) is 2.72. The highest BCUT2D eigenvalue weighted by Crippen LogP contribution is 2.23. The lowest BCUT2D eigenvalue weighted by atomic mass is 10.1. The zero-order valence-corrected chi connectivity index (χ0v) is 20.5. The SMILES string of the molecule is Cc1nn(-c2ccc(F)cc2)c(C)c1CC(=O)NC(C)CC(=O)Nc1cccc(N2CCCC2)c1. The van der Waals surface area contributed by atoms with Crippen LogP contribution < -0.4 is 15.5 Å². The zero-order valence-electron chi connectivity index (χ0n) is 20.5. The van der Waals surface area contributed by atoms with E-state index in [4.69, 9.17) is 0 Å². The van der Waals surface area contributed by atoms with Crippen molar-refractivity contribution in [2.75, 3.05) is 23.3 Å². The van der Waals surface area contributed by atoms with Gasteiger partial charge in [-0.05, 0) is 76.1 Å². The van der Waals surface area contributed by atoms with Crippen LogP contribution in [0.1, 0.15) is 43.1 Å². The van der Waals surface area contributed by atoms with Crippen molar-refractivity contribution >= 4 is 23.2 Å². The molecule has 1 aliphatic heterocycles. The minimum atomic E-state index is -0.322. The largest absolute Gasteiger partial charge is 0.371 e. The van der Waals surface area contributed by atoms with E-state index < -0.39 is 0 Å². The van der Waals surface area contributed by atoms with Crippen LogP contribution in [-0.2, 0) is 16.0 Å². The second-order valence-corrected chi connectivity index (χ2v) is 9.18. The van der Waals surface area contributed by atoms with E-state index in [-0.39, 0.29) is 36.5 Å². The predicted molar refractivity (Wildman–Crippen MR) is 135 cm³/mol. The van der Waals surface area contributed by atoms with Gasteiger partial charge in [0.2, 0.25) is 11.8 Å². The third kappa shape index (κ3) is 6.07. The van der Waals surface area contributed by atoms with Gasteiger partial charge in [0.05, 0.1) is 17.8 Å². The number of aromatic nitrogens is 2. The van der Waals surface area contributed by atoms with E-state index in [1.54, 1.807) is 16.8 Å². The molecule has 1 aliphatic rings. The van der Waals surface area contributed by atoms with E-state index in [9.17, 15) is 14.0 Å². The Morgan fingerprint density at radius 1 is 1.03 bits per heavy atom. The van der Waals surface area contributed by atoms with Gasteiger partial charge in [0.1, 0.15) is 5.82 Å². The number of aryl methyl sites for hydroxylation is 1. The summed E-state index contributed by atoms with van der Waals surface area (Å²) in [5.41, 5.74) is 5.00. The Balaban J connectivity index is 1.31. The van der Waals surface area contributed by atoms with E-state index in [2.05, 4.69) is 26.7 Å². The van der Waals surface area contributed by atoms with Crippen LogP contribution in [0.2, 0.25) is 0 Å². The smallest absolute Gasteiger partial charge is 0.226 e. The van der Waals surface area contributed by atoms with Crippen molar-refractivity contribution in [3.63, 3.8) is 0 Å². The summed E-state index contributed by atoms with van der Waals surface area (Å²) in [6.45, 7) is 7.64. The first-order valence-corrected chi connectivity index (χ1v) is 12.1. The molecule has 4 rings (SSSR count). The van der Waals surface area contributed by atoms with Gasteiger partial charge in [0, 0.05) is 48.2 Å². The Labute approximate surface area is 205 Å². The van der Waals surface area contributed by atoms with Crippen LogP contribution in [-0.4, -0.2) is 40.7 Å². The predicted octanol–water partition coefficient (Wildman–Crippen LogP) is 4.30. The highest BCUT2D eigenvalue weighted by molar-refractivity contribution is 5.92. The fourth-order valence-electron chi connectivity index (χ4n) is 4.55. The molecule has 0 saturated carbocycles. The van der Waals surface area contributed by atoms with Crippen molar-refractivity contribution in [3.8, 4) is 5.69 Å². The fraction of sp³-hybridized carbons (Fsp3) is 0.370. The molecule has 7 nitrogen and oxygen atoms in total. The van der Waals surface area contributed by atoms with Gasteiger partial charge in [-0.2, -0.15) is 5.10 Å². The molecular weight excluding hydrogens is 445 g/mol. The topological polar surface area (TPSA) is 79.3 Å². The number of nitrogens with one attached hydrogen (secondary N) is 2. The third-order valence-electron chi connectivity index (χ3n) is 6.35. The molecule has 2 amide bonds. The number of benzene rings is 2. The molecule has 2 N–H and O–H groups in total. The summed E-state index contributed by atoms with van der Waals surface area (Å²) in [6, 6.07) is 13.6. The molecule has 1 aromatic heterocycles. The third-order valence-corrected chi connectivity index (χ3v) is 6.35. The zero-order chi connectivity index (χ0) is 24.9. The molecule has 1 atom stereocenters. The Kier molecular flexibility index (Phi) is 7.48. The molecule has 0 bridgehead atoms. The van der Waals surface area contributed by atoms with Gasteiger partial charge in [0.25, 0.3) is 0 Å². The standard InChI is InChI=1S/C27H32FN5O2/c1-18(15-26(34)30-22-7-6-8-24(16-22)32-13-4-5-14-32)29-27(35)17-25-19(2)31-33(20(25)3)23-11-9-21(28)10-12-23/h6-12,16,18H,4-5,13-15,17H2,1-3H3,(H,29,35)(H,30,34). The molecule has 1 unspecified atom stereocenters. The number of carbonyl (C=O) groups excluding carboxylic acids is 2. The van der Waals surface area contributed by atoms with Crippen molar-refractivity contribution in [1.29, 1.82) is 0 Å². The molecule has 2 aromatic carbocycles. The normalized spacial score (nSPS) is 14.1. The van der Waals surface area contributed by atoms with Crippen LogP contribution >= 0.6 is 0 Å². The monoisotopic (exact) mass is 477 g/mol. The highest BCUT2D eigenvalue weighted by atomic mass is 19.1. The molecule has 35 heavy (non-hydrogen) atoms. The van der Waals surface area contributed by atoms with Gasteiger partial charge in [0.15, 0.2) is 0 Å². The van der Waals surface area contributed by atoms with Crippen molar-refractivity contribution in [2.24, 2.45) is 0 Å². The molecule has 1 fully saturated rings. The van der Waals surface area contributed by atoms with Crippen LogP contribution in [0.5, 0.6) is 0 Å². The minimum Gasteiger partial charge on any atom is -0.371 e. The number of hydrogen-bond donors (Lipinski definition) is 2. The van der Waals surface area contributed by atoms with Crippen LogP contribution in [0.25, 0.3) is 5.69 Å². The first kappa shape index (κ1) is 24.4. The lowest BCUT2D eigenvalue weighted by molar-refractivity contribution is -0.121. The van der Waals surface area contributed by atoms with Gasteiger partial charge < -0.3 is 15.5 Å². The molecule has 3 aromatic rings. The molecule has 0 aliphatic carbocycles. The molecular formula is C27H32FN5O2. The maximum absolute atomic E-state index is 13.3. The second kappa shape index (κ2) is 10.7. The van der Waals surface area contributed by atoms with Crippen LogP contribution in [0, 0.1) is 19.7 Å². The Morgan fingerprint density at radius 2 is 1.74 bits per heavy atom. The highest BCUT2D eigenvalue weighted by Gasteiger charge is 2.19. The van der Waals surface area contributed by atoms with E-state index in [0.717, 1.165) is 47.1 Å². The van der Waals surface area contributed by atoms with Crippen molar-refractivity contribution in [1.82, 2.24) is 15.1 Å². The van der Waals surface area contributed by atoms with E-state index in [0.29, 0.717) is 0 Å². The number of carbonyl (C=O) groups is 2. The molecule has 184 valence electrons. The number of halogens is 1. The Morgan fingerprint density at radius 3 is 2.46 bits per heavy atom. The van der Waals surface area contributed by atoms with Crippen molar-refractivity contribution in [3.05, 3.63) is 71.3 Å². The number of hydrogen-bond acceptors (Lipinski definition) is 4. The molecule has 2 heterocycles. The maximum atomic E-state index is 13.3. The second-order valence-electron chi connectivity index (χ2n) is 9.18. The first-order valence-electron chi connectivity index (χ1n) is 12.1. The van der Waals surface area contributed by atoms with Crippen molar-refractivity contribution < 1.29 is 14.0 Å². The van der Waals surface area contributed by atoms with E-state index >= 15 is 0 Å².